The quantitative estimate of drug-likeness (QED) is 0.285. The van der Waals surface area contributed by atoms with E-state index in [1.54, 1.807) is 33.4 Å². The number of hydrogen-bond acceptors (Lipinski definition) is 0. The van der Waals surface area contributed by atoms with Gasteiger partial charge >= 0.3 is 0 Å². The Morgan fingerprint density at radius 3 is 2.07 bits per heavy atom. The molecule has 0 bridgehead atoms. The van der Waals surface area contributed by atoms with Gasteiger partial charge < -0.3 is 0 Å². The van der Waals surface area contributed by atoms with Gasteiger partial charge in [0, 0.05) is 0 Å². The van der Waals surface area contributed by atoms with Crippen molar-refractivity contribution in [3.05, 3.63) is 82.4 Å². The number of fused-ring (bicyclic) bond motifs is 6. The second-order valence-corrected chi connectivity index (χ2v) is 9.11. The molecule has 0 heteroatoms. The molecule has 148 valence electrons. The van der Waals surface area contributed by atoms with Crippen LogP contribution in [-0.2, 0) is 19.3 Å². The molecule has 0 fully saturated rings. The molecule has 2 aliphatic carbocycles. The Hall–Kier alpha value is -2.86. The van der Waals surface area contributed by atoms with Crippen LogP contribution in [0.2, 0.25) is 0 Å². The lowest BCUT2D eigenvalue weighted by molar-refractivity contribution is 0.899. The average Bonchev–Trinajstić information content (AvgIpc) is 3.28. The summed E-state index contributed by atoms with van der Waals surface area (Å²) < 4.78 is 0. The Kier molecular flexibility index (Phi) is 3.93. The molecular weight excluding hydrogens is 360 g/mol. The second kappa shape index (κ2) is 6.57. The Labute approximate surface area is 179 Å². The van der Waals surface area contributed by atoms with E-state index < -0.39 is 0 Å². The van der Waals surface area contributed by atoms with E-state index in [0.717, 1.165) is 19.3 Å². The Morgan fingerprint density at radius 1 is 0.700 bits per heavy atom. The topological polar surface area (TPSA) is 0 Å². The Bertz CT molecular complexity index is 1330. The first-order chi connectivity index (χ1) is 14.7. The van der Waals surface area contributed by atoms with Crippen molar-refractivity contribution in [2.75, 3.05) is 0 Å². The number of benzene rings is 4. The highest BCUT2D eigenvalue weighted by atomic mass is 14.4. The summed E-state index contributed by atoms with van der Waals surface area (Å²) in [5.41, 5.74) is 16.8. The summed E-state index contributed by atoms with van der Waals surface area (Å²) in [5, 5.41) is 2.85. The number of rotatable bonds is 4. The van der Waals surface area contributed by atoms with Crippen molar-refractivity contribution >= 4 is 10.8 Å². The van der Waals surface area contributed by atoms with Crippen molar-refractivity contribution in [3.63, 3.8) is 0 Å². The molecule has 0 atom stereocenters. The fourth-order valence-electron chi connectivity index (χ4n) is 6.11. The molecule has 0 N–H and O–H groups in total. The van der Waals surface area contributed by atoms with Gasteiger partial charge in [-0.2, -0.15) is 0 Å². The summed E-state index contributed by atoms with van der Waals surface area (Å²) in [7, 11) is 0. The smallest absolute Gasteiger partial charge is 0.00103 e. The van der Waals surface area contributed by atoms with E-state index in [-0.39, 0.29) is 0 Å². The molecular formula is C30H28. The molecule has 0 saturated heterocycles. The van der Waals surface area contributed by atoms with E-state index in [9.17, 15) is 0 Å². The molecule has 0 saturated carbocycles. The van der Waals surface area contributed by atoms with Crippen molar-refractivity contribution in [2.45, 2.75) is 52.9 Å². The summed E-state index contributed by atoms with van der Waals surface area (Å²) in [5.74, 6) is 0. The first kappa shape index (κ1) is 18.0. The highest BCUT2D eigenvalue weighted by Gasteiger charge is 2.33. The lowest BCUT2D eigenvalue weighted by atomic mass is 9.82. The van der Waals surface area contributed by atoms with E-state index in [0.29, 0.717) is 0 Å². The van der Waals surface area contributed by atoms with Gasteiger partial charge in [0.25, 0.3) is 0 Å². The van der Waals surface area contributed by atoms with Crippen LogP contribution in [0.1, 0.15) is 54.5 Å². The predicted molar refractivity (Wildman–Crippen MR) is 129 cm³/mol. The van der Waals surface area contributed by atoms with Crippen LogP contribution in [-0.4, -0.2) is 0 Å². The maximum Gasteiger partial charge on any atom is -0.00103 e. The van der Waals surface area contributed by atoms with Gasteiger partial charge in [-0.1, -0.05) is 86.8 Å². The van der Waals surface area contributed by atoms with Gasteiger partial charge in [-0.3, -0.25) is 0 Å². The molecule has 0 unspecified atom stereocenters. The van der Waals surface area contributed by atoms with Crippen LogP contribution in [0.3, 0.4) is 0 Å². The molecule has 4 aromatic carbocycles. The van der Waals surface area contributed by atoms with Crippen LogP contribution >= 0.6 is 0 Å². The third-order valence-electron chi connectivity index (χ3n) is 7.16. The monoisotopic (exact) mass is 388 g/mol. The lowest BCUT2D eigenvalue weighted by Gasteiger charge is -2.21. The van der Waals surface area contributed by atoms with Gasteiger partial charge in [0.15, 0.2) is 0 Å². The molecule has 0 aromatic heterocycles. The maximum absolute atomic E-state index is 2.42. The molecule has 0 spiro atoms. The molecule has 0 aliphatic heterocycles. The van der Waals surface area contributed by atoms with Crippen LogP contribution in [0.25, 0.3) is 44.2 Å². The van der Waals surface area contributed by atoms with E-state index in [1.807, 2.05) is 0 Å². The standard InChI is InChI=1S/C30H28/c1-4-8-22-26-17-20-16-18(3)14-15-21(20)28(26)23(9-5-2)30-25-13-7-11-19-10-6-12-24(27(19)25)29(22)30/h6-7,10-16H,4-5,8-9,17H2,1-3H3. The second-order valence-electron chi connectivity index (χ2n) is 9.11. The molecule has 0 nitrogen and oxygen atoms in total. The highest BCUT2D eigenvalue weighted by Crippen LogP contribution is 2.56. The van der Waals surface area contributed by atoms with Crippen LogP contribution < -0.4 is 0 Å². The fraction of sp³-hybridized carbons (Fsp3) is 0.267. The SMILES string of the molecule is CCCc1c2c(c(CCC)c3c1-c1cccc4cccc-3c14)-c1ccc(C)cc1C2. The molecule has 0 radical (unpaired) electrons. The average molecular weight is 389 g/mol. The van der Waals surface area contributed by atoms with Crippen LogP contribution in [0.4, 0.5) is 0 Å². The first-order valence-corrected chi connectivity index (χ1v) is 11.6. The fourth-order valence-corrected chi connectivity index (χ4v) is 6.11. The van der Waals surface area contributed by atoms with Crippen molar-refractivity contribution in [3.8, 4) is 33.4 Å². The van der Waals surface area contributed by atoms with Crippen LogP contribution in [0, 0.1) is 6.92 Å². The van der Waals surface area contributed by atoms with Crippen LogP contribution in [0.15, 0.2) is 54.6 Å². The zero-order valence-electron chi connectivity index (χ0n) is 18.2. The van der Waals surface area contributed by atoms with Crippen molar-refractivity contribution < 1.29 is 0 Å². The largest absolute Gasteiger partial charge is 0.0651 e. The number of hydrogen-bond donors (Lipinski definition) is 0. The molecule has 30 heavy (non-hydrogen) atoms. The predicted octanol–water partition coefficient (Wildman–Crippen LogP) is 8.27. The summed E-state index contributed by atoms with van der Waals surface area (Å²) in [6.45, 7) is 6.88. The van der Waals surface area contributed by atoms with E-state index in [1.165, 1.54) is 51.4 Å². The van der Waals surface area contributed by atoms with E-state index in [2.05, 4.69) is 75.4 Å². The zero-order chi connectivity index (χ0) is 20.4. The van der Waals surface area contributed by atoms with Gasteiger partial charge in [0.1, 0.15) is 0 Å². The molecule has 0 amide bonds. The van der Waals surface area contributed by atoms with Gasteiger partial charge in [0.2, 0.25) is 0 Å². The molecule has 0 heterocycles. The maximum atomic E-state index is 2.42. The van der Waals surface area contributed by atoms with E-state index >= 15 is 0 Å². The summed E-state index contributed by atoms with van der Waals surface area (Å²) in [6.07, 6.45) is 5.77. The minimum absolute atomic E-state index is 1.10. The van der Waals surface area contributed by atoms with E-state index in [4.69, 9.17) is 0 Å². The van der Waals surface area contributed by atoms with Crippen molar-refractivity contribution in [1.29, 1.82) is 0 Å². The summed E-state index contributed by atoms with van der Waals surface area (Å²) in [6, 6.07) is 20.9. The molecule has 6 rings (SSSR count). The van der Waals surface area contributed by atoms with Gasteiger partial charge in [-0.05, 0) is 92.6 Å². The van der Waals surface area contributed by atoms with Crippen molar-refractivity contribution in [1.82, 2.24) is 0 Å². The lowest BCUT2D eigenvalue weighted by Crippen LogP contribution is -2.02. The first-order valence-electron chi connectivity index (χ1n) is 11.6. The molecule has 4 aromatic rings. The minimum atomic E-state index is 1.10. The third-order valence-corrected chi connectivity index (χ3v) is 7.16. The third kappa shape index (κ3) is 2.28. The summed E-state index contributed by atoms with van der Waals surface area (Å²) >= 11 is 0. The zero-order valence-corrected chi connectivity index (χ0v) is 18.2. The van der Waals surface area contributed by atoms with Crippen LogP contribution in [0.5, 0.6) is 0 Å². The highest BCUT2D eigenvalue weighted by molar-refractivity contribution is 6.18. The van der Waals surface area contributed by atoms with Gasteiger partial charge in [-0.25, -0.2) is 0 Å². The summed E-state index contributed by atoms with van der Waals surface area (Å²) in [4.78, 5) is 0. The number of aryl methyl sites for hydroxylation is 1. The van der Waals surface area contributed by atoms with Gasteiger partial charge in [0.05, 0.1) is 0 Å². The minimum Gasteiger partial charge on any atom is -0.0651 e. The van der Waals surface area contributed by atoms with Crippen molar-refractivity contribution in [2.24, 2.45) is 0 Å². The Morgan fingerprint density at radius 2 is 1.37 bits per heavy atom. The normalized spacial score (nSPS) is 12.9. The Balaban J connectivity index is 1.79. The molecule has 2 aliphatic rings. The van der Waals surface area contributed by atoms with Gasteiger partial charge in [-0.15, -0.1) is 0 Å².